The number of hydrogen-bond donors (Lipinski definition) is 0. The summed E-state index contributed by atoms with van der Waals surface area (Å²) in [6.45, 7) is 6.79. The summed E-state index contributed by atoms with van der Waals surface area (Å²) in [5.41, 5.74) is 7.19. The lowest BCUT2D eigenvalue weighted by Gasteiger charge is -2.09. The normalized spacial score (nSPS) is 12.5. The standard InChI is InChI=1S/C13H14Si/c1-14(2,3)9-8-11-4-5-12-6-7-13(12)10-11/h4-7,10H,1-3H3. The topological polar surface area (TPSA) is 0 Å². The lowest BCUT2D eigenvalue weighted by atomic mass is 9.96. The first kappa shape index (κ1) is 9.30. The Morgan fingerprint density at radius 1 is 1.00 bits per heavy atom. The van der Waals surface area contributed by atoms with Gasteiger partial charge in [-0.05, 0) is 23.3 Å². The molecule has 0 bridgehead atoms. The maximum absolute atomic E-state index is 3.37. The quantitative estimate of drug-likeness (QED) is 0.449. The Hall–Kier alpha value is -1.26. The Labute approximate surface area is 86.7 Å². The molecule has 0 fully saturated rings. The zero-order chi connectivity index (χ0) is 10.2. The molecule has 2 rings (SSSR count). The van der Waals surface area contributed by atoms with Gasteiger partial charge in [0.25, 0.3) is 0 Å². The third-order valence-electron chi connectivity index (χ3n) is 2.11. The highest BCUT2D eigenvalue weighted by Crippen LogP contribution is 2.23. The fraction of sp³-hybridized carbons (Fsp3) is 0.231. The van der Waals surface area contributed by atoms with E-state index >= 15 is 0 Å². The Morgan fingerprint density at radius 2 is 1.71 bits per heavy atom. The van der Waals surface area contributed by atoms with E-state index < -0.39 is 8.07 Å². The lowest BCUT2D eigenvalue weighted by molar-refractivity contribution is 1.54. The third kappa shape index (κ3) is 1.97. The van der Waals surface area contributed by atoms with Gasteiger partial charge >= 0.3 is 0 Å². The zero-order valence-electron chi connectivity index (χ0n) is 8.89. The Balaban J connectivity index is 2.26. The molecule has 0 aromatic heterocycles. The van der Waals surface area contributed by atoms with Crippen LogP contribution in [-0.4, -0.2) is 8.07 Å². The van der Waals surface area contributed by atoms with Crippen molar-refractivity contribution >= 4 is 20.2 Å². The summed E-state index contributed by atoms with van der Waals surface area (Å²) < 4.78 is 0. The van der Waals surface area contributed by atoms with Gasteiger partial charge in [0.2, 0.25) is 0 Å². The van der Waals surface area contributed by atoms with Gasteiger partial charge in [-0.25, -0.2) is 0 Å². The van der Waals surface area contributed by atoms with Gasteiger partial charge in [-0.15, -0.1) is 5.54 Å². The minimum Gasteiger partial charge on any atom is -0.127 e. The van der Waals surface area contributed by atoms with Crippen molar-refractivity contribution in [1.82, 2.24) is 0 Å². The summed E-state index contributed by atoms with van der Waals surface area (Å²) in [5.74, 6) is 3.26. The van der Waals surface area contributed by atoms with Crippen LogP contribution in [-0.2, 0) is 0 Å². The minimum absolute atomic E-state index is 1.15. The highest BCUT2D eigenvalue weighted by atomic mass is 28.3. The summed E-state index contributed by atoms with van der Waals surface area (Å²) >= 11 is 0. The van der Waals surface area contributed by atoms with E-state index in [-0.39, 0.29) is 0 Å². The van der Waals surface area contributed by atoms with E-state index in [2.05, 4.69) is 61.5 Å². The van der Waals surface area contributed by atoms with Crippen LogP contribution < -0.4 is 0 Å². The highest BCUT2D eigenvalue weighted by Gasteiger charge is 2.08. The molecule has 1 aromatic rings. The predicted molar refractivity (Wildman–Crippen MR) is 65.6 cm³/mol. The first-order valence-corrected chi connectivity index (χ1v) is 8.40. The van der Waals surface area contributed by atoms with E-state index in [0.29, 0.717) is 0 Å². The molecule has 1 aromatic carbocycles. The smallest absolute Gasteiger partial charge is 0.127 e. The summed E-state index contributed by atoms with van der Waals surface area (Å²) in [6, 6.07) is 6.42. The second kappa shape index (κ2) is 3.15. The molecule has 14 heavy (non-hydrogen) atoms. The summed E-state index contributed by atoms with van der Waals surface area (Å²) in [4.78, 5) is 0. The number of benzene rings is 1. The second-order valence-corrected chi connectivity index (χ2v) is 9.43. The van der Waals surface area contributed by atoms with Gasteiger partial charge in [-0.3, -0.25) is 0 Å². The van der Waals surface area contributed by atoms with Crippen LogP contribution in [0.15, 0.2) is 18.2 Å². The van der Waals surface area contributed by atoms with Crippen LogP contribution in [0.1, 0.15) is 16.7 Å². The van der Waals surface area contributed by atoms with Gasteiger partial charge in [-0.2, -0.15) is 0 Å². The van der Waals surface area contributed by atoms with Crippen molar-refractivity contribution in [3.05, 3.63) is 34.9 Å². The fourth-order valence-corrected chi connectivity index (χ4v) is 1.81. The van der Waals surface area contributed by atoms with Crippen molar-refractivity contribution in [2.45, 2.75) is 19.6 Å². The minimum atomic E-state index is -1.23. The van der Waals surface area contributed by atoms with E-state index in [9.17, 15) is 0 Å². The molecule has 0 spiro atoms. The first-order valence-electron chi connectivity index (χ1n) is 4.90. The SMILES string of the molecule is C[Si](C)(C)C#Cc1ccc2c(c1)C=C2. The maximum Gasteiger partial charge on any atom is 0.129 e. The predicted octanol–water partition coefficient (Wildman–Crippen LogP) is 3.40. The van der Waals surface area contributed by atoms with Gasteiger partial charge in [0.05, 0.1) is 0 Å². The molecule has 0 nitrogen and oxygen atoms in total. The molecule has 1 aliphatic carbocycles. The molecular formula is C13H14Si. The molecule has 70 valence electrons. The van der Waals surface area contributed by atoms with Gasteiger partial charge < -0.3 is 0 Å². The fourth-order valence-electron chi connectivity index (χ4n) is 1.29. The first-order chi connectivity index (χ1) is 6.54. The highest BCUT2D eigenvalue weighted by molar-refractivity contribution is 6.83. The molecule has 0 heterocycles. The van der Waals surface area contributed by atoms with Gasteiger partial charge in [0.15, 0.2) is 0 Å². The summed E-state index contributed by atoms with van der Waals surface area (Å²) in [6.07, 6.45) is 4.26. The van der Waals surface area contributed by atoms with Crippen LogP contribution in [0.3, 0.4) is 0 Å². The Kier molecular flexibility index (Phi) is 2.09. The van der Waals surface area contributed by atoms with E-state index in [1.54, 1.807) is 0 Å². The number of rotatable bonds is 0. The number of fused-ring (bicyclic) bond motifs is 1. The van der Waals surface area contributed by atoms with Crippen LogP contribution in [0.4, 0.5) is 0 Å². The van der Waals surface area contributed by atoms with Gasteiger partial charge in [-0.1, -0.05) is 43.8 Å². The molecule has 0 saturated carbocycles. The van der Waals surface area contributed by atoms with Crippen molar-refractivity contribution < 1.29 is 0 Å². The molecule has 0 atom stereocenters. The summed E-state index contributed by atoms with van der Waals surface area (Å²) in [7, 11) is -1.23. The van der Waals surface area contributed by atoms with E-state index in [0.717, 1.165) is 5.56 Å². The largest absolute Gasteiger partial charge is 0.129 e. The third-order valence-corrected chi connectivity index (χ3v) is 2.99. The van der Waals surface area contributed by atoms with Gasteiger partial charge in [0, 0.05) is 5.56 Å². The molecule has 0 amide bonds. The second-order valence-electron chi connectivity index (χ2n) is 4.68. The van der Waals surface area contributed by atoms with E-state index in [4.69, 9.17) is 0 Å². The van der Waals surface area contributed by atoms with Crippen LogP contribution >= 0.6 is 0 Å². The van der Waals surface area contributed by atoms with E-state index in [1.807, 2.05) is 0 Å². The monoisotopic (exact) mass is 198 g/mol. The Bertz CT molecular complexity index is 450. The van der Waals surface area contributed by atoms with Crippen molar-refractivity contribution in [3.8, 4) is 11.5 Å². The van der Waals surface area contributed by atoms with Crippen molar-refractivity contribution in [2.75, 3.05) is 0 Å². The Morgan fingerprint density at radius 3 is 2.21 bits per heavy atom. The molecule has 1 aliphatic rings. The average molecular weight is 198 g/mol. The van der Waals surface area contributed by atoms with Crippen LogP contribution in [0.2, 0.25) is 19.6 Å². The zero-order valence-corrected chi connectivity index (χ0v) is 9.89. The van der Waals surface area contributed by atoms with Crippen LogP contribution in [0, 0.1) is 11.5 Å². The molecule has 0 saturated heterocycles. The molecule has 0 N–H and O–H groups in total. The van der Waals surface area contributed by atoms with Crippen molar-refractivity contribution in [1.29, 1.82) is 0 Å². The molecule has 1 heteroatoms. The number of hydrogen-bond acceptors (Lipinski definition) is 0. The molecule has 0 radical (unpaired) electrons. The summed E-state index contributed by atoms with van der Waals surface area (Å²) in [5, 5.41) is 0. The molecule has 0 unspecified atom stereocenters. The van der Waals surface area contributed by atoms with Gasteiger partial charge in [0.1, 0.15) is 8.07 Å². The molecular weight excluding hydrogens is 184 g/mol. The van der Waals surface area contributed by atoms with Crippen molar-refractivity contribution in [3.63, 3.8) is 0 Å². The maximum atomic E-state index is 3.37. The average Bonchev–Trinajstić information content (AvgIpc) is 2.03. The molecule has 0 aliphatic heterocycles. The lowest BCUT2D eigenvalue weighted by Crippen LogP contribution is -2.16. The van der Waals surface area contributed by atoms with E-state index in [1.165, 1.54) is 11.1 Å². The van der Waals surface area contributed by atoms with Crippen LogP contribution in [0.5, 0.6) is 0 Å². The van der Waals surface area contributed by atoms with Crippen molar-refractivity contribution in [2.24, 2.45) is 0 Å². The van der Waals surface area contributed by atoms with Crippen LogP contribution in [0.25, 0.3) is 12.2 Å².